The van der Waals surface area contributed by atoms with E-state index in [1.165, 1.54) is 0 Å². The summed E-state index contributed by atoms with van der Waals surface area (Å²) in [6, 6.07) is 14.9. The highest BCUT2D eigenvalue weighted by atomic mass is 16.5. The number of carbonyl (C=O) groups excluding carboxylic acids is 2. The maximum absolute atomic E-state index is 13.3. The van der Waals surface area contributed by atoms with E-state index in [-0.39, 0.29) is 25.0 Å². The monoisotopic (exact) mass is 439 g/mol. The van der Waals surface area contributed by atoms with Crippen LogP contribution in [0.5, 0.6) is 11.5 Å². The first-order chi connectivity index (χ1) is 15.6. The molecule has 1 atom stereocenters. The van der Waals surface area contributed by atoms with Crippen LogP contribution in [0.2, 0.25) is 0 Å². The summed E-state index contributed by atoms with van der Waals surface area (Å²) in [7, 11) is 3.26. The topological polar surface area (TPSA) is 71.5 Å². The van der Waals surface area contributed by atoms with Crippen LogP contribution >= 0.6 is 0 Å². The van der Waals surface area contributed by atoms with Crippen molar-refractivity contribution in [2.75, 3.05) is 58.5 Å². The van der Waals surface area contributed by atoms with Crippen molar-refractivity contribution in [3.05, 3.63) is 54.1 Å². The van der Waals surface area contributed by atoms with E-state index in [2.05, 4.69) is 4.90 Å². The fourth-order valence-corrected chi connectivity index (χ4v) is 4.12. The molecule has 0 N–H and O–H groups in total. The quantitative estimate of drug-likeness (QED) is 0.683. The molecule has 2 heterocycles. The van der Waals surface area contributed by atoms with Gasteiger partial charge in [-0.3, -0.25) is 9.59 Å². The van der Waals surface area contributed by atoms with Gasteiger partial charge in [-0.2, -0.15) is 0 Å². The first-order valence-corrected chi connectivity index (χ1v) is 10.8. The number of ether oxygens (including phenoxy) is 3. The van der Waals surface area contributed by atoms with Gasteiger partial charge in [0.05, 0.1) is 20.8 Å². The van der Waals surface area contributed by atoms with Crippen molar-refractivity contribution in [2.24, 2.45) is 0 Å². The van der Waals surface area contributed by atoms with Crippen LogP contribution in [-0.2, 0) is 20.9 Å². The number of rotatable bonds is 6. The van der Waals surface area contributed by atoms with E-state index in [9.17, 15) is 9.59 Å². The first kappa shape index (κ1) is 22.0. The van der Waals surface area contributed by atoms with Gasteiger partial charge in [0.2, 0.25) is 11.8 Å². The summed E-state index contributed by atoms with van der Waals surface area (Å²) in [6.45, 7) is 3.27. The Morgan fingerprint density at radius 2 is 1.53 bits per heavy atom. The highest BCUT2D eigenvalue weighted by Gasteiger charge is 2.37. The van der Waals surface area contributed by atoms with Crippen LogP contribution in [0.3, 0.4) is 0 Å². The minimum absolute atomic E-state index is 0.00514. The van der Waals surface area contributed by atoms with Gasteiger partial charge >= 0.3 is 0 Å². The third kappa shape index (κ3) is 4.80. The Labute approximate surface area is 188 Å². The summed E-state index contributed by atoms with van der Waals surface area (Å²) < 4.78 is 15.9. The van der Waals surface area contributed by atoms with E-state index in [1.54, 1.807) is 19.1 Å². The number of morpholine rings is 1. The molecule has 2 amide bonds. The van der Waals surface area contributed by atoms with Gasteiger partial charge in [-0.1, -0.05) is 12.1 Å². The Morgan fingerprint density at radius 1 is 0.938 bits per heavy atom. The standard InChI is InChI=1S/C24H29N3O5/c1-30-20-7-3-18(4-8-20)15-27-22(16-32-17-23(27)28)24(29)26-13-11-25(12-14-26)19-5-9-21(31-2)10-6-19/h3-10,22H,11-17H2,1-2H3/t22-/m0/s1. The van der Waals surface area contributed by atoms with Crippen molar-refractivity contribution in [3.8, 4) is 11.5 Å². The van der Waals surface area contributed by atoms with E-state index in [0.29, 0.717) is 19.6 Å². The van der Waals surface area contributed by atoms with Gasteiger partial charge in [-0.15, -0.1) is 0 Å². The Morgan fingerprint density at radius 3 is 2.12 bits per heavy atom. The van der Waals surface area contributed by atoms with Crippen LogP contribution < -0.4 is 14.4 Å². The second-order valence-corrected chi connectivity index (χ2v) is 7.91. The summed E-state index contributed by atoms with van der Waals surface area (Å²) in [5, 5.41) is 0. The van der Waals surface area contributed by atoms with Crippen LogP contribution in [-0.4, -0.2) is 81.3 Å². The molecule has 2 saturated heterocycles. The number of nitrogens with zero attached hydrogens (tertiary/aromatic N) is 3. The number of piperazine rings is 1. The van der Waals surface area contributed by atoms with E-state index in [0.717, 1.165) is 35.8 Å². The molecule has 2 aromatic rings. The molecule has 8 nitrogen and oxygen atoms in total. The van der Waals surface area contributed by atoms with Crippen molar-refractivity contribution in [1.82, 2.24) is 9.80 Å². The molecule has 0 unspecified atom stereocenters. The van der Waals surface area contributed by atoms with Crippen molar-refractivity contribution < 1.29 is 23.8 Å². The predicted molar refractivity (Wildman–Crippen MR) is 120 cm³/mol. The van der Waals surface area contributed by atoms with Crippen molar-refractivity contribution in [2.45, 2.75) is 12.6 Å². The lowest BCUT2D eigenvalue weighted by atomic mass is 10.1. The molecule has 0 spiro atoms. The molecule has 2 aliphatic heterocycles. The van der Waals surface area contributed by atoms with E-state index >= 15 is 0 Å². The Balaban J connectivity index is 1.39. The SMILES string of the molecule is COc1ccc(CN2C(=O)COC[C@H]2C(=O)N2CCN(c3ccc(OC)cc3)CC2)cc1. The van der Waals surface area contributed by atoms with Crippen LogP contribution in [0.1, 0.15) is 5.56 Å². The zero-order chi connectivity index (χ0) is 22.5. The average molecular weight is 440 g/mol. The van der Waals surface area contributed by atoms with Crippen molar-refractivity contribution in [1.29, 1.82) is 0 Å². The largest absolute Gasteiger partial charge is 0.497 e. The number of amides is 2. The summed E-state index contributed by atoms with van der Waals surface area (Å²) in [4.78, 5) is 31.7. The first-order valence-electron chi connectivity index (χ1n) is 10.8. The molecule has 8 heteroatoms. The molecule has 2 fully saturated rings. The molecule has 2 aliphatic rings. The summed E-state index contributed by atoms with van der Waals surface area (Å²) in [5.41, 5.74) is 2.05. The van der Waals surface area contributed by atoms with E-state index in [4.69, 9.17) is 14.2 Å². The van der Waals surface area contributed by atoms with Gasteiger partial charge in [-0.05, 0) is 42.0 Å². The van der Waals surface area contributed by atoms with Crippen LogP contribution in [0.4, 0.5) is 5.69 Å². The number of benzene rings is 2. The minimum Gasteiger partial charge on any atom is -0.497 e. The Bertz CT molecular complexity index is 924. The highest BCUT2D eigenvalue weighted by molar-refractivity contribution is 5.89. The smallest absolute Gasteiger partial charge is 0.249 e. The molecular weight excluding hydrogens is 410 g/mol. The normalized spacial score (nSPS) is 19.1. The Kier molecular flexibility index (Phi) is 6.80. The zero-order valence-electron chi connectivity index (χ0n) is 18.5. The number of anilines is 1. The second kappa shape index (κ2) is 9.91. The van der Waals surface area contributed by atoms with E-state index in [1.807, 2.05) is 53.4 Å². The minimum atomic E-state index is -0.606. The van der Waals surface area contributed by atoms with Gasteiger partial charge in [-0.25, -0.2) is 0 Å². The van der Waals surface area contributed by atoms with Crippen molar-refractivity contribution in [3.63, 3.8) is 0 Å². The van der Waals surface area contributed by atoms with Crippen LogP contribution in [0.15, 0.2) is 48.5 Å². The Hall–Kier alpha value is -3.26. The fraction of sp³-hybridized carbons (Fsp3) is 0.417. The molecule has 0 radical (unpaired) electrons. The van der Waals surface area contributed by atoms with Crippen LogP contribution in [0.25, 0.3) is 0 Å². The lowest BCUT2D eigenvalue weighted by Gasteiger charge is -2.41. The maximum atomic E-state index is 13.3. The lowest BCUT2D eigenvalue weighted by molar-refractivity contribution is -0.160. The molecule has 2 aromatic carbocycles. The number of methoxy groups -OCH3 is 2. The summed E-state index contributed by atoms with van der Waals surface area (Å²) in [6.07, 6.45) is 0. The fourth-order valence-electron chi connectivity index (χ4n) is 4.12. The summed E-state index contributed by atoms with van der Waals surface area (Å²) in [5.74, 6) is 1.36. The van der Waals surface area contributed by atoms with E-state index < -0.39 is 6.04 Å². The number of hydrogen-bond donors (Lipinski definition) is 0. The molecule has 0 bridgehead atoms. The van der Waals surface area contributed by atoms with Gasteiger partial charge in [0, 0.05) is 38.4 Å². The number of carbonyl (C=O) groups is 2. The predicted octanol–water partition coefficient (Wildman–Crippen LogP) is 1.78. The molecule has 32 heavy (non-hydrogen) atoms. The third-order valence-corrected chi connectivity index (χ3v) is 6.02. The number of hydrogen-bond acceptors (Lipinski definition) is 6. The third-order valence-electron chi connectivity index (χ3n) is 6.02. The molecule has 0 aromatic heterocycles. The molecule has 0 aliphatic carbocycles. The molecule has 4 rings (SSSR count). The summed E-state index contributed by atoms with van der Waals surface area (Å²) >= 11 is 0. The van der Waals surface area contributed by atoms with Gasteiger partial charge in [0.15, 0.2) is 0 Å². The maximum Gasteiger partial charge on any atom is 0.249 e. The molecule has 0 saturated carbocycles. The van der Waals surface area contributed by atoms with Gasteiger partial charge in [0.1, 0.15) is 24.1 Å². The van der Waals surface area contributed by atoms with Crippen molar-refractivity contribution >= 4 is 17.5 Å². The average Bonchev–Trinajstić information content (AvgIpc) is 2.85. The zero-order valence-corrected chi connectivity index (χ0v) is 18.5. The van der Waals surface area contributed by atoms with Gasteiger partial charge in [0.25, 0.3) is 0 Å². The molecular formula is C24H29N3O5. The van der Waals surface area contributed by atoms with Crippen LogP contribution in [0, 0.1) is 0 Å². The molecule has 170 valence electrons. The lowest BCUT2D eigenvalue weighted by Crippen LogP contribution is -2.59. The van der Waals surface area contributed by atoms with Gasteiger partial charge < -0.3 is 28.9 Å². The highest BCUT2D eigenvalue weighted by Crippen LogP contribution is 2.22. The second-order valence-electron chi connectivity index (χ2n) is 7.91.